The summed E-state index contributed by atoms with van der Waals surface area (Å²) >= 11 is 0. The van der Waals surface area contributed by atoms with Crippen LogP contribution in [0.4, 0.5) is 0 Å². The van der Waals surface area contributed by atoms with E-state index >= 15 is 0 Å². The molecule has 0 atom stereocenters. The molecule has 0 aromatic carbocycles. The van der Waals surface area contributed by atoms with Crippen molar-refractivity contribution in [2.24, 2.45) is 0 Å². The summed E-state index contributed by atoms with van der Waals surface area (Å²) < 4.78 is 0. The normalized spacial score (nSPS) is 2.00. The molecule has 0 aliphatic carbocycles. The fourth-order valence-corrected chi connectivity index (χ4v) is 0. The highest BCUT2D eigenvalue weighted by Crippen LogP contribution is 0.841. The van der Waals surface area contributed by atoms with Crippen LogP contribution in [0.5, 0.6) is 0 Å². The highest BCUT2D eigenvalue weighted by Gasteiger charge is 1.16. The van der Waals surface area contributed by atoms with Crippen molar-refractivity contribution in [1.82, 2.24) is 4.91 Å². The van der Waals surface area contributed by atoms with E-state index in [9.17, 15) is 0 Å². The monoisotopic (exact) mass is 60.1 g/mol. The first-order valence-electron chi connectivity index (χ1n) is 0.447. The molecule has 0 rings (SSSR count). The number of nitrogens with one attached hydrogen (secondary N) is 2. The summed E-state index contributed by atoms with van der Waals surface area (Å²) in [5.41, 5.74) is 11.0. The van der Waals surface area contributed by atoms with Gasteiger partial charge in [0, 0.05) is 0 Å². The molecule has 0 spiro atoms. The Morgan fingerprint density at radius 1 is 1.25 bits per heavy atom. The molecule has 0 fully saturated rings. The molecule has 0 aliphatic heterocycles. The summed E-state index contributed by atoms with van der Waals surface area (Å²) in [4.78, 5) is 2.00. The number of hydrogen-bond donors (Lipinski definition) is 2. The van der Waals surface area contributed by atoms with Crippen LogP contribution < -0.4 is 4.91 Å². The van der Waals surface area contributed by atoms with Crippen LogP contribution in [-0.2, 0) is 0 Å². The predicted octanol–water partition coefficient (Wildman–Crippen LogP) is 0.752. The minimum atomic E-state index is 0. The molecular formula is CH6N3+. The maximum Gasteiger partial charge on any atom is 0.211 e. The Morgan fingerprint density at radius 2 is 1.25 bits per heavy atom. The third kappa shape index (κ3) is 0.264. The molecule has 0 heterocycles. The second-order valence-corrected chi connectivity index (χ2v) is 0.112. The second kappa shape index (κ2) is 41.3. The Balaban J connectivity index is 0. The highest BCUT2D eigenvalue weighted by atomic mass is 15.0. The van der Waals surface area contributed by atoms with Gasteiger partial charge >= 0.3 is 0 Å². The molecule has 24 valence electrons. The minimum absolute atomic E-state index is 0. The van der Waals surface area contributed by atoms with Gasteiger partial charge in [0.1, 0.15) is 11.1 Å². The van der Waals surface area contributed by atoms with Crippen LogP contribution in [0, 0.1) is 11.1 Å². The fourth-order valence-electron chi connectivity index (χ4n) is 0. The summed E-state index contributed by atoms with van der Waals surface area (Å²) in [6.07, 6.45) is 0. The van der Waals surface area contributed by atoms with Crippen LogP contribution in [0.25, 0.3) is 0 Å². The molecule has 0 aromatic heterocycles. The largest absolute Gasteiger partial charge is 0.211 e. The summed E-state index contributed by atoms with van der Waals surface area (Å²) in [7, 11) is 0. The summed E-state index contributed by atoms with van der Waals surface area (Å²) in [5, 5.41) is 0. The van der Waals surface area contributed by atoms with Crippen molar-refractivity contribution in [1.29, 1.82) is 11.1 Å². The molecule has 0 saturated heterocycles. The lowest BCUT2D eigenvalue weighted by molar-refractivity contribution is 0.928. The maximum absolute atomic E-state index is 5.50. The first-order chi connectivity index (χ1) is 1.41. The molecule has 0 aliphatic rings. The second-order valence-electron chi connectivity index (χ2n) is 0.112. The average molecular weight is 60.1 g/mol. The van der Waals surface area contributed by atoms with Gasteiger partial charge in [-0.05, 0) is 0 Å². The van der Waals surface area contributed by atoms with Gasteiger partial charge in [0.15, 0.2) is 0 Å². The van der Waals surface area contributed by atoms with E-state index < -0.39 is 0 Å². The smallest absolute Gasteiger partial charge is 0.0776 e. The van der Waals surface area contributed by atoms with Crippen LogP contribution in [-0.4, -0.2) is 0 Å². The number of hydrogen-bond acceptors (Lipinski definition) is 2. The van der Waals surface area contributed by atoms with Crippen LogP contribution in [0.1, 0.15) is 7.43 Å². The van der Waals surface area contributed by atoms with Gasteiger partial charge in [-0.2, -0.15) is 0 Å². The third-order valence-electron chi connectivity index (χ3n) is 0. The van der Waals surface area contributed by atoms with Crippen molar-refractivity contribution in [2.45, 2.75) is 7.43 Å². The molecule has 4 heavy (non-hydrogen) atoms. The van der Waals surface area contributed by atoms with Gasteiger partial charge in [-0.25, -0.2) is 0 Å². The topological polar surface area (TPSA) is 61.8 Å². The zero-order valence-corrected chi connectivity index (χ0v) is 1.45. The van der Waals surface area contributed by atoms with Gasteiger partial charge in [0.25, 0.3) is 0 Å². The van der Waals surface area contributed by atoms with Gasteiger partial charge in [-0.3, -0.25) is 0 Å². The molecule has 0 unspecified atom stereocenters. The quantitative estimate of drug-likeness (QED) is 0.306. The van der Waals surface area contributed by atoms with E-state index in [1.165, 1.54) is 0 Å². The van der Waals surface area contributed by atoms with E-state index in [0.717, 1.165) is 0 Å². The van der Waals surface area contributed by atoms with Gasteiger partial charge in [-0.1, -0.05) is 7.43 Å². The first kappa shape index (κ1) is 10.3. The van der Waals surface area contributed by atoms with E-state index in [0.29, 0.717) is 0 Å². The van der Waals surface area contributed by atoms with Crippen molar-refractivity contribution in [3.8, 4) is 0 Å². The lowest BCUT2D eigenvalue weighted by Gasteiger charge is -0.844. The van der Waals surface area contributed by atoms with Crippen LogP contribution in [0.3, 0.4) is 0 Å². The summed E-state index contributed by atoms with van der Waals surface area (Å²) in [6.45, 7) is 0. The maximum atomic E-state index is 5.50. The number of nitrogens with zero attached hydrogens (tertiary/aromatic N) is 1. The molecule has 2 N–H and O–H groups in total. The molecule has 0 amide bonds. The van der Waals surface area contributed by atoms with E-state index in [1.807, 2.05) is 4.91 Å². The Kier molecular flexibility index (Phi) is 106. The molecule has 3 nitrogen and oxygen atoms in total. The van der Waals surface area contributed by atoms with E-state index in [2.05, 4.69) is 0 Å². The predicted molar refractivity (Wildman–Crippen MR) is 14.3 cm³/mol. The average Bonchev–Trinajstić information content (AvgIpc) is 0.918. The van der Waals surface area contributed by atoms with Gasteiger partial charge in [0.05, 0.1) is 0 Å². The Morgan fingerprint density at radius 3 is 1.25 bits per heavy atom. The zero-order valence-electron chi connectivity index (χ0n) is 1.45. The molecule has 0 bridgehead atoms. The fraction of sp³-hybridized carbons (Fsp3) is 1.00. The Bertz CT molecular complexity index is 24.3. The minimum Gasteiger partial charge on any atom is -0.0776 e. The number of rotatable bonds is 0. The molecule has 0 aromatic rings. The van der Waals surface area contributed by atoms with Crippen molar-refractivity contribution in [3.63, 3.8) is 0 Å². The van der Waals surface area contributed by atoms with E-state index in [1.54, 1.807) is 0 Å². The molecule has 3 heteroatoms. The van der Waals surface area contributed by atoms with Crippen molar-refractivity contribution in [3.05, 3.63) is 0 Å². The Labute approximate surface area is 24.7 Å². The third-order valence-corrected chi connectivity index (χ3v) is 0. The molecule has 0 saturated carbocycles. The lowest BCUT2D eigenvalue weighted by atomic mass is 12.0. The SMILES string of the molecule is C.N=[N+]=N. The van der Waals surface area contributed by atoms with Gasteiger partial charge < -0.3 is 0 Å². The van der Waals surface area contributed by atoms with Crippen molar-refractivity contribution >= 4 is 0 Å². The van der Waals surface area contributed by atoms with Crippen LogP contribution in [0.2, 0.25) is 0 Å². The summed E-state index contributed by atoms with van der Waals surface area (Å²) in [5.74, 6) is 0. The standard InChI is InChI=1S/CH4.H2N3/c;1-3-2/h1H4;1-2H/q;+1. The highest BCUT2D eigenvalue weighted by molar-refractivity contribution is 2.96. The molecule has 0 radical (unpaired) electrons. The Hall–Kier alpha value is -0.690. The summed E-state index contributed by atoms with van der Waals surface area (Å²) in [6, 6.07) is 0. The van der Waals surface area contributed by atoms with Crippen LogP contribution in [0.15, 0.2) is 0 Å². The van der Waals surface area contributed by atoms with Gasteiger partial charge in [0.2, 0.25) is 4.91 Å². The first-order valence-corrected chi connectivity index (χ1v) is 0.447. The van der Waals surface area contributed by atoms with Crippen molar-refractivity contribution < 1.29 is 0 Å². The zero-order chi connectivity index (χ0) is 2.71. The van der Waals surface area contributed by atoms with Crippen LogP contribution >= 0.6 is 0 Å². The molecular weight excluding hydrogens is 54.0 g/mol. The van der Waals surface area contributed by atoms with Crippen molar-refractivity contribution in [2.75, 3.05) is 0 Å². The van der Waals surface area contributed by atoms with E-state index in [4.69, 9.17) is 11.1 Å². The van der Waals surface area contributed by atoms with E-state index in [-0.39, 0.29) is 7.43 Å². The lowest BCUT2D eigenvalue weighted by Crippen LogP contribution is -1.24. The van der Waals surface area contributed by atoms with Gasteiger partial charge in [-0.15, -0.1) is 0 Å².